The highest BCUT2D eigenvalue weighted by Crippen LogP contribution is 2.35. The predicted octanol–water partition coefficient (Wildman–Crippen LogP) is 4.28. The topological polar surface area (TPSA) is 12.9 Å². The molecule has 0 bridgehead atoms. The van der Waals surface area contributed by atoms with Gasteiger partial charge in [0.25, 0.3) is 0 Å². The molecule has 1 heteroatoms. The number of aromatic nitrogens is 1. The van der Waals surface area contributed by atoms with Crippen LogP contribution in [0.5, 0.6) is 0 Å². The quantitative estimate of drug-likeness (QED) is 0.686. The zero-order valence-corrected chi connectivity index (χ0v) is 9.52. The minimum atomic E-state index is 0.743. The van der Waals surface area contributed by atoms with Crippen LogP contribution in [0, 0.1) is 0 Å². The van der Waals surface area contributed by atoms with Crippen molar-refractivity contribution >= 4 is 10.9 Å². The maximum Gasteiger partial charge on any atom is 0.0736 e. The summed E-state index contributed by atoms with van der Waals surface area (Å²) < 4.78 is 0. The molecule has 1 heterocycles. The zero-order valence-electron chi connectivity index (χ0n) is 9.52. The second kappa shape index (κ2) is 4.25. The molecule has 1 aromatic carbocycles. The fourth-order valence-corrected chi connectivity index (χ4v) is 2.87. The number of nitrogens with zero attached hydrogens (tertiary/aromatic N) is 1. The molecule has 0 atom stereocenters. The number of para-hydroxylation sites is 1. The molecule has 0 saturated heterocycles. The Bertz CT molecular complexity index is 478. The van der Waals surface area contributed by atoms with E-state index in [-0.39, 0.29) is 0 Å². The van der Waals surface area contributed by atoms with Gasteiger partial charge < -0.3 is 0 Å². The number of hydrogen-bond donors (Lipinski definition) is 0. The van der Waals surface area contributed by atoms with Crippen LogP contribution < -0.4 is 0 Å². The smallest absolute Gasteiger partial charge is 0.0736 e. The summed E-state index contributed by atoms with van der Waals surface area (Å²) in [7, 11) is 0. The second-order valence-corrected chi connectivity index (χ2v) is 4.76. The highest BCUT2D eigenvalue weighted by molar-refractivity contribution is 5.82. The fraction of sp³-hybridized carbons (Fsp3) is 0.400. The third kappa shape index (κ3) is 1.71. The van der Waals surface area contributed by atoms with Gasteiger partial charge in [-0.2, -0.15) is 0 Å². The molecule has 0 aliphatic heterocycles. The number of rotatable bonds is 1. The normalized spacial score (nSPS) is 17.8. The summed E-state index contributed by atoms with van der Waals surface area (Å²) in [6, 6.07) is 10.8. The van der Waals surface area contributed by atoms with Gasteiger partial charge in [0.15, 0.2) is 0 Å². The van der Waals surface area contributed by atoms with Crippen LogP contribution in [0.2, 0.25) is 0 Å². The number of fused-ring (bicyclic) bond motifs is 1. The monoisotopic (exact) mass is 211 g/mol. The molecule has 1 aliphatic rings. The number of pyridine rings is 1. The molecule has 3 rings (SSSR count). The SMILES string of the molecule is c1cnc2c(C3CCCCC3)cccc2c1. The molecule has 1 fully saturated rings. The lowest BCUT2D eigenvalue weighted by atomic mass is 9.83. The van der Waals surface area contributed by atoms with Crippen molar-refractivity contribution in [2.24, 2.45) is 0 Å². The molecule has 0 N–H and O–H groups in total. The van der Waals surface area contributed by atoms with Gasteiger partial charge in [0.2, 0.25) is 0 Å². The first-order valence-electron chi connectivity index (χ1n) is 6.29. The third-order valence-corrected chi connectivity index (χ3v) is 3.71. The Labute approximate surface area is 96.5 Å². The van der Waals surface area contributed by atoms with Gasteiger partial charge >= 0.3 is 0 Å². The van der Waals surface area contributed by atoms with Crippen LogP contribution in [0.15, 0.2) is 36.5 Å². The van der Waals surface area contributed by atoms with Crippen molar-refractivity contribution in [3.05, 3.63) is 42.1 Å². The molecular weight excluding hydrogens is 194 g/mol. The van der Waals surface area contributed by atoms with E-state index in [1.807, 2.05) is 12.3 Å². The Hall–Kier alpha value is -1.37. The van der Waals surface area contributed by atoms with Gasteiger partial charge in [-0.3, -0.25) is 4.98 Å². The third-order valence-electron chi connectivity index (χ3n) is 3.71. The Morgan fingerprint density at radius 1 is 0.938 bits per heavy atom. The average molecular weight is 211 g/mol. The van der Waals surface area contributed by atoms with Crippen molar-refractivity contribution in [1.29, 1.82) is 0 Å². The van der Waals surface area contributed by atoms with Crippen LogP contribution in [0.3, 0.4) is 0 Å². The van der Waals surface area contributed by atoms with E-state index in [0.717, 1.165) is 5.92 Å². The summed E-state index contributed by atoms with van der Waals surface area (Å²) in [5.74, 6) is 0.743. The van der Waals surface area contributed by atoms with E-state index >= 15 is 0 Å². The van der Waals surface area contributed by atoms with Crippen LogP contribution in [0.4, 0.5) is 0 Å². The Balaban J connectivity index is 2.08. The summed E-state index contributed by atoms with van der Waals surface area (Å²) in [6.07, 6.45) is 8.77. The summed E-state index contributed by atoms with van der Waals surface area (Å²) >= 11 is 0. The maximum atomic E-state index is 4.56. The Morgan fingerprint density at radius 2 is 1.75 bits per heavy atom. The predicted molar refractivity (Wildman–Crippen MR) is 67.6 cm³/mol. The van der Waals surface area contributed by atoms with Gasteiger partial charge in [-0.1, -0.05) is 43.5 Å². The molecule has 1 aliphatic carbocycles. The van der Waals surface area contributed by atoms with Gasteiger partial charge in [0.1, 0.15) is 0 Å². The van der Waals surface area contributed by atoms with Crippen LogP contribution >= 0.6 is 0 Å². The van der Waals surface area contributed by atoms with E-state index in [4.69, 9.17) is 0 Å². The van der Waals surface area contributed by atoms with Crippen molar-refractivity contribution in [2.45, 2.75) is 38.0 Å². The summed E-state index contributed by atoms with van der Waals surface area (Å²) in [5, 5.41) is 1.28. The van der Waals surface area contributed by atoms with Gasteiger partial charge in [0, 0.05) is 11.6 Å². The van der Waals surface area contributed by atoms with Crippen LogP contribution in [0.25, 0.3) is 10.9 Å². The van der Waals surface area contributed by atoms with Gasteiger partial charge in [0.05, 0.1) is 5.52 Å². The largest absolute Gasteiger partial charge is 0.256 e. The molecule has 1 aromatic heterocycles. The highest BCUT2D eigenvalue weighted by atomic mass is 14.7. The first-order chi connectivity index (χ1) is 7.95. The lowest BCUT2D eigenvalue weighted by Gasteiger charge is -2.22. The van der Waals surface area contributed by atoms with Crippen molar-refractivity contribution in [1.82, 2.24) is 4.98 Å². The van der Waals surface area contributed by atoms with Gasteiger partial charge in [-0.05, 0) is 30.4 Å². The summed E-state index contributed by atoms with van der Waals surface area (Å²) in [6.45, 7) is 0. The molecule has 0 unspecified atom stereocenters. The van der Waals surface area contributed by atoms with Crippen molar-refractivity contribution in [3.63, 3.8) is 0 Å². The molecule has 16 heavy (non-hydrogen) atoms. The highest BCUT2D eigenvalue weighted by Gasteiger charge is 2.17. The molecule has 0 amide bonds. The lowest BCUT2D eigenvalue weighted by Crippen LogP contribution is -2.05. The summed E-state index contributed by atoms with van der Waals surface area (Å²) in [5.41, 5.74) is 2.69. The lowest BCUT2D eigenvalue weighted by molar-refractivity contribution is 0.445. The average Bonchev–Trinajstić information content (AvgIpc) is 2.39. The minimum absolute atomic E-state index is 0.743. The van der Waals surface area contributed by atoms with Crippen molar-refractivity contribution in [2.75, 3.05) is 0 Å². The maximum absolute atomic E-state index is 4.56. The molecule has 1 nitrogen and oxygen atoms in total. The molecule has 82 valence electrons. The van der Waals surface area contributed by atoms with Crippen LogP contribution in [-0.4, -0.2) is 4.98 Å². The van der Waals surface area contributed by atoms with Gasteiger partial charge in [-0.25, -0.2) is 0 Å². The first kappa shape index (κ1) is 9.83. The molecule has 0 spiro atoms. The molecule has 2 aromatic rings. The number of hydrogen-bond acceptors (Lipinski definition) is 1. The molecular formula is C15H17N. The van der Waals surface area contributed by atoms with Crippen LogP contribution in [-0.2, 0) is 0 Å². The number of benzene rings is 1. The Kier molecular flexibility index (Phi) is 2.61. The molecule has 1 saturated carbocycles. The van der Waals surface area contributed by atoms with E-state index in [1.54, 1.807) is 0 Å². The molecule has 0 radical (unpaired) electrons. The standard InChI is InChI=1S/C15H17N/c1-2-6-12(7-3-1)14-10-4-8-13-9-5-11-16-15(13)14/h4-5,8-12H,1-3,6-7H2. The zero-order chi connectivity index (χ0) is 10.8. The van der Waals surface area contributed by atoms with Gasteiger partial charge in [-0.15, -0.1) is 0 Å². The van der Waals surface area contributed by atoms with E-state index in [1.165, 1.54) is 48.6 Å². The van der Waals surface area contributed by atoms with E-state index < -0.39 is 0 Å². The van der Waals surface area contributed by atoms with Crippen LogP contribution in [0.1, 0.15) is 43.6 Å². The van der Waals surface area contributed by atoms with Crippen molar-refractivity contribution < 1.29 is 0 Å². The Morgan fingerprint density at radius 3 is 2.62 bits per heavy atom. The van der Waals surface area contributed by atoms with E-state index in [2.05, 4.69) is 29.2 Å². The van der Waals surface area contributed by atoms with Crippen molar-refractivity contribution in [3.8, 4) is 0 Å². The first-order valence-corrected chi connectivity index (χ1v) is 6.29. The fourth-order valence-electron chi connectivity index (χ4n) is 2.87. The minimum Gasteiger partial charge on any atom is -0.256 e. The summed E-state index contributed by atoms with van der Waals surface area (Å²) in [4.78, 5) is 4.56. The second-order valence-electron chi connectivity index (χ2n) is 4.76. The van der Waals surface area contributed by atoms with E-state index in [0.29, 0.717) is 0 Å². The van der Waals surface area contributed by atoms with E-state index in [9.17, 15) is 0 Å².